The van der Waals surface area contributed by atoms with E-state index in [0.717, 1.165) is 38.5 Å². The molecular weight excluding hydrogens is 372 g/mol. The second kappa shape index (κ2) is 6.94. The van der Waals surface area contributed by atoms with Crippen molar-refractivity contribution in [1.82, 2.24) is 0 Å². The highest BCUT2D eigenvalue weighted by Gasteiger charge is 2.72. The summed E-state index contributed by atoms with van der Waals surface area (Å²) in [6.07, 6.45) is 5.37. The Hall–Kier alpha value is -1.14. The Morgan fingerprint density at radius 1 is 0.966 bits per heavy atom. The number of hydrogen-bond donors (Lipinski definition) is 2. The highest BCUT2D eigenvalue weighted by molar-refractivity contribution is 5.66. The fourth-order valence-corrected chi connectivity index (χ4v) is 8.21. The number of esters is 2. The molecule has 0 unspecified atom stereocenters. The average Bonchev–Trinajstić information content (AvgIpc) is 3.04. The van der Waals surface area contributed by atoms with Gasteiger partial charge in [-0.05, 0) is 56.3 Å². The Morgan fingerprint density at radius 3 is 2.28 bits per heavy atom. The first kappa shape index (κ1) is 21.1. The zero-order valence-electron chi connectivity index (χ0n) is 18.1. The molecule has 4 aliphatic carbocycles. The van der Waals surface area contributed by atoms with Gasteiger partial charge in [-0.3, -0.25) is 9.59 Å². The second-order valence-corrected chi connectivity index (χ2v) is 10.6. The van der Waals surface area contributed by atoms with Crippen LogP contribution in [0.2, 0.25) is 0 Å². The molecule has 0 aromatic heterocycles. The minimum Gasteiger partial charge on any atom is -0.462 e. The lowest BCUT2D eigenvalue weighted by Crippen LogP contribution is -2.55. The van der Waals surface area contributed by atoms with Gasteiger partial charge in [0.25, 0.3) is 0 Å². The van der Waals surface area contributed by atoms with Crippen LogP contribution in [0.3, 0.4) is 0 Å². The van der Waals surface area contributed by atoms with Gasteiger partial charge in [-0.2, -0.15) is 0 Å². The van der Waals surface area contributed by atoms with Gasteiger partial charge in [-0.15, -0.1) is 0 Å². The molecule has 29 heavy (non-hydrogen) atoms. The van der Waals surface area contributed by atoms with E-state index in [1.807, 2.05) is 0 Å². The molecule has 0 saturated heterocycles. The Bertz CT molecular complexity index is 693. The zero-order valence-corrected chi connectivity index (χ0v) is 18.1. The van der Waals surface area contributed by atoms with Gasteiger partial charge < -0.3 is 19.7 Å². The van der Waals surface area contributed by atoms with E-state index in [0.29, 0.717) is 18.3 Å². The van der Waals surface area contributed by atoms with E-state index in [4.69, 9.17) is 9.47 Å². The van der Waals surface area contributed by atoms with E-state index in [1.54, 1.807) is 0 Å². The molecule has 0 aromatic rings. The van der Waals surface area contributed by atoms with Crippen molar-refractivity contribution in [2.75, 3.05) is 6.61 Å². The van der Waals surface area contributed by atoms with Crippen LogP contribution in [0.5, 0.6) is 0 Å². The van der Waals surface area contributed by atoms with Gasteiger partial charge in [0.15, 0.2) is 0 Å². The van der Waals surface area contributed by atoms with Gasteiger partial charge in [0.2, 0.25) is 0 Å². The van der Waals surface area contributed by atoms with Crippen molar-refractivity contribution in [3.63, 3.8) is 0 Å². The lowest BCUT2D eigenvalue weighted by molar-refractivity contribution is -0.177. The van der Waals surface area contributed by atoms with E-state index in [1.165, 1.54) is 13.8 Å². The number of rotatable bonds is 3. The van der Waals surface area contributed by atoms with Gasteiger partial charge in [0.05, 0.1) is 5.60 Å². The number of hydrogen-bond acceptors (Lipinski definition) is 6. The summed E-state index contributed by atoms with van der Waals surface area (Å²) < 4.78 is 11.2. The number of carbonyl (C=O) groups excluding carboxylic acids is 2. The standard InChI is InChI=1S/C23H36O6/c1-13(25)28-15-7-10-22(4)17-8-9-21(3)16(5-6-19(21)29-14(2)26)20(17)18(12-24)23(22,27)11-15/h15-20,24,27H,5-12H2,1-4H3/t15-,16+,17+,18-,19-,20-,21+,22-,23+/m0/s1. The third kappa shape index (κ3) is 2.88. The van der Waals surface area contributed by atoms with E-state index in [2.05, 4.69) is 13.8 Å². The van der Waals surface area contributed by atoms with Crippen LogP contribution in [0.15, 0.2) is 0 Å². The summed E-state index contributed by atoms with van der Waals surface area (Å²) in [5.74, 6) is 0.0683. The largest absolute Gasteiger partial charge is 0.462 e. The minimum atomic E-state index is -1.04. The zero-order chi connectivity index (χ0) is 21.2. The summed E-state index contributed by atoms with van der Waals surface area (Å²) in [4.78, 5) is 23.2. The molecule has 164 valence electrons. The van der Waals surface area contributed by atoms with Crippen molar-refractivity contribution in [2.24, 2.45) is 34.5 Å². The number of aliphatic hydroxyl groups excluding tert-OH is 1. The predicted octanol–water partition coefficient (Wildman–Crippen LogP) is 2.84. The number of fused-ring (bicyclic) bond motifs is 5. The van der Waals surface area contributed by atoms with Gasteiger partial charge in [0.1, 0.15) is 12.2 Å². The molecule has 9 atom stereocenters. The molecule has 4 fully saturated rings. The lowest BCUT2D eigenvalue weighted by Gasteiger charge is -2.52. The maximum atomic E-state index is 12.0. The normalized spacial score (nSPS) is 51.0. The molecule has 0 heterocycles. The van der Waals surface area contributed by atoms with Crippen LogP contribution in [0.1, 0.15) is 72.6 Å². The highest BCUT2D eigenvalue weighted by atomic mass is 16.5. The van der Waals surface area contributed by atoms with E-state index >= 15 is 0 Å². The van der Waals surface area contributed by atoms with Gasteiger partial charge >= 0.3 is 11.9 Å². The van der Waals surface area contributed by atoms with Crippen molar-refractivity contribution in [3.8, 4) is 0 Å². The third-order valence-corrected chi connectivity index (χ3v) is 9.49. The van der Waals surface area contributed by atoms with Crippen LogP contribution in [0, 0.1) is 34.5 Å². The van der Waals surface area contributed by atoms with Crippen molar-refractivity contribution in [1.29, 1.82) is 0 Å². The van der Waals surface area contributed by atoms with Gasteiger partial charge in [-0.1, -0.05) is 13.8 Å². The summed E-state index contributed by atoms with van der Waals surface area (Å²) >= 11 is 0. The summed E-state index contributed by atoms with van der Waals surface area (Å²) in [5.41, 5.74) is -1.43. The molecule has 6 nitrogen and oxygen atoms in total. The Labute approximate surface area is 173 Å². The molecule has 0 aromatic carbocycles. The fourth-order valence-electron chi connectivity index (χ4n) is 8.21. The molecule has 4 aliphatic rings. The average molecular weight is 409 g/mol. The Balaban J connectivity index is 1.67. The molecule has 6 heteroatoms. The topological polar surface area (TPSA) is 93.1 Å². The van der Waals surface area contributed by atoms with Gasteiger partial charge in [-0.25, -0.2) is 0 Å². The third-order valence-electron chi connectivity index (χ3n) is 9.49. The number of carbonyl (C=O) groups is 2. The Morgan fingerprint density at radius 2 is 1.66 bits per heavy atom. The maximum absolute atomic E-state index is 12.0. The maximum Gasteiger partial charge on any atom is 0.302 e. The summed E-state index contributed by atoms with van der Waals surface area (Å²) in [6, 6.07) is 0. The summed E-state index contributed by atoms with van der Waals surface area (Å²) in [6.45, 7) is 7.24. The molecular formula is C23H36O6. The molecule has 2 N–H and O–H groups in total. The van der Waals surface area contributed by atoms with Crippen molar-refractivity contribution >= 4 is 11.9 Å². The quantitative estimate of drug-likeness (QED) is 0.698. The van der Waals surface area contributed by atoms with Gasteiger partial charge in [0, 0.05) is 43.6 Å². The van der Waals surface area contributed by atoms with Crippen LogP contribution in [-0.4, -0.2) is 46.6 Å². The number of aliphatic hydroxyl groups is 2. The smallest absolute Gasteiger partial charge is 0.302 e. The number of ether oxygens (including phenoxy) is 2. The van der Waals surface area contributed by atoms with Crippen LogP contribution in [0.4, 0.5) is 0 Å². The molecule has 0 amide bonds. The molecule has 0 radical (unpaired) electrons. The van der Waals surface area contributed by atoms with Crippen LogP contribution < -0.4 is 0 Å². The molecule has 0 aliphatic heterocycles. The minimum absolute atomic E-state index is 0.0646. The van der Waals surface area contributed by atoms with Crippen molar-refractivity contribution in [2.45, 2.75) is 90.4 Å². The molecule has 4 saturated carbocycles. The van der Waals surface area contributed by atoms with E-state index in [-0.39, 0.29) is 53.4 Å². The lowest BCUT2D eigenvalue weighted by atomic mass is 9.55. The predicted molar refractivity (Wildman–Crippen MR) is 106 cm³/mol. The summed E-state index contributed by atoms with van der Waals surface area (Å²) in [5, 5.41) is 22.5. The monoisotopic (exact) mass is 408 g/mol. The first-order valence-electron chi connectivity index (χ1n) is 11.2. The van der Waals surface area contributed by atoms with Crippen LogP contribution in [-0.2, 0) is 19.1 Å². The first-order valence-corrected chi connectivity index (χ1v) is 11.2. The van der Waals surface area contributed by atoms with Crippen LogP contribution in [0.25, 0.3) is 0 Å². The van der Waals surface area contributed by atoms with Crippen LogP contribution >= 0.6 is 0 Å². The molecule has 0 spiro atoms. The van der Waals surface area contributed by atoms with Crippen molar-refractivity contribution < 1.29 is 29.3 Å². The summed E-state index contributed by atoms with van der Waals surface area (Å²) in [7, 11) is 0. The fraction of sp³-hybridized carbons (Fsp3) is 0.913. The molecule has 0 bridgehead atoms. The van der Waals surface area contributed by atoms with E-state index < -0.39 is 5.60 Å². The Kier molecular flexibility index (Phi) is 5.05. The SMILES string of the molecule is CC(=O)O[C@H]1CC[C@@]2(C)[C@@H]3CC[C@@]4(C)[C@@H](OC(C)=O)CC[C@@H]4[C@@H]3[C@H](CO)[C@]2(O)C1. The molecule has 4 rings (SSSR count). The van der Waals surface area contributed by atoms with Crippen molar-refractivity contribution in [3.05, 3.63) is 0 Å². The van der Waals surface area contributed by atoms with E-state index in [9.17, 15) is 19.8 Å². The second-order valence-electron chi connectivity index (χ2n) is 10.6. The first-order chi connectivity index (χ1) is 13.6. The highest BCUT2D eigenvalue weighted by Crippen LogP contribution is 2.72.